The van der Waals surface area contributed by atoms with Crippen LogP contribution >= 0.6 is 0 Å². The monoisotopic (exact) mass is 273 g/mol. The average Bonchev–Trinajstić information content (AvgIpc) is 2.46. The van der Waals surface area contributed by atoms with Crippen molar-refractivity contribution in [2.75, 3.05) is 13.7 Å². The van der Waals surface area contributed by atoms with E-state index in [-0.39, 0.29) is 5.56 Å². The summed E-state index contributed by atoms with van der Waals surface area (Å²) in [6, 6.07) is 5.22. The maximum Gasteiger partial charge on any atom is 0.330 e. The number of rotatable bonds is 4. The number of carbonyl (C=O) groups excluding carboxylic acids is 1. The fourth-order valence-electron chi connectivity index (χ4n) is 1.87. The Morgan fingerprint density at radius 1 is 1.35 bits per heavy atom. The van der Waals surface area contributed by atoms with Gasteiger partial charge in [-0.15, -0.1) is 0 Å². The lowest BCUT2D eigenvalue weighted by Gasteiger charge is -2.04. The summed E-state index contributed by atoms with van der Waals surface area (Å²) in [4.78, 5) is 25.8. The maximum absolute atomic E-state index is 11.8. The van der Waals surface area contributed by atoms with Gasteiger partial charge in [0.25, 0.3) is 5.56 Å². The number of benzene rings is 1. The van der Waals surface area contributed by atoms with Crippen LogP contribution in [0.2, 0.25) is 0 Å². The van der Waals surface area contributed by atoms with Crippen LogP contribution in [0.1, 0.15) is 12.5 Å². The minimum Gasteiger partial charge on any atom is -0.497 e. The van der Waals surface area contributed by atoms with E-state index in [1.807, 2.05) is 0 Å². The van der Waals surface area contributed by atoms with Crippen LogP contribution in [-0.2, 0) is 9.53 Å². The van der Waals surface area contributed by atoms with Crippen molar-refractivity contribution >= 4 is 22.8 Å². The predicted octanol–water partition coefficient (Wildman–Crippen LogP) is 2.11. The van der Waals surface area contributed by atoms with Gasteiger partial charge in [-0.3, -0.25) is 4.79 Å². The van der Waals surface area contributed by atoms with Crippen LogP contribution in [0.5, 0.6) is 5.75 Å². The fraction of sp³-hybridized carbons (Fsp3) is 0.200. The summed E-state index contributed by atoms with van der Waals surface area (Å²) in [5.41, 5.74) is 0.530. The lowest BCUT2D eigenvalue weighted by atomic mass is 10.1. The van der Waals surface area contributed by atoms with Gasteiger partial charge in [0.15, 0.2) is 0 Å². The largest absolute Gasteiger partial charge is 0.497 e. The molecule has 104 valence electrons. The van der Waals surface area contributed by atoms with E-state index >= 15 is 0 Å². The Morgan fingerprint density at radius 3 is 2.85 bits per heavy atom. The van der Waals surface area contributed by atoms with Gasteiger partial charge in [-0.25, -0.2) is 4.79 Å². The van der Waals surface area contributed by atoms with E-state index in [1.165, 1.54) is 6.08 Å². The summed E-state index contributed by atoms with van der Waals surface area (Å²) in [6.45, 7) is 2.07. The van der Waals surface area contributed by atoms with E-state index in [1.54, 1.807) is 44.5 Å². The first kappa shape index (κ1) is 13.9. The van der Waals surface area contributed by atoms with Crippen molar-refractivity contribution < 1.29 is 14.3 Å². The molecule has 0 aliphatic carbocycles. The van der Waals surface area contributed by atoms with Crippen molar-refractivity contribution in [3.05, 3.63) is 46.4 Å². The molecule has 5 heteroatoms. The first-order valence-electron chi connectivity index (χ1n) is 6.20. The number of nitrogens with one attached hydrogen (secondary N) is 1. The van der Waals surface area contributed by atoms with E-state index < -0.39 is 5.97 Å². The Balaban J connectivity index is 2.47. The molecule has 5 nitrogen and oxygen atoms in total. The number of methoxy groups -OCH3 is 1. The topological polar surface area (TPSA) is 68.4 Å². The van der Waals surface area contributed by atoms with Crippen LogP contribution in [-0.4, -0.2) is 24.7 Å². The molecule has 0 saturated carbocycles. The summed E-state index contributed by atoms with van der Waals surface area (Å²) >= 11 is 0. The summed E-state index contributed by atoms with van der Waals surface area (Å²) in [5, 5.41) is 1.26. The summed E-state index contributed by atoms with van der Waals surface area (Å²) in [7, 11) is 1.54. The predicted molar refractivity (Wildman–Crippen MR) is 76.8 cm³/mol. The molecule has 2 aromatic rings. The molecule has 0 saturated heterocycles. The normalized spacial score (nSPS) is 10.9. The first-order valence-corrected chi connectivity index (χ1v) is 6.20. The highest BCUT2D eigenvalue weighted by atomic mass is 16.5. The molecule has 0 unspecified atom stereocenters. The second-order valence-electron chi connectivity index (χ2n) is 4.07. The van der Waals surface area contributed by atoms with Crippen molar-refractivity contribution in [2.24, 2.45) is 0 Å². The third kappa shape index (κ3) is 2.88. The van der Waals surface area contributed by atoms with Crippen LogP contribution in [0.15, 0.2) is 35.3 Å². The molecule has 0 atom stereocenters. The van der Waals surface area contributed by atoms with Crippen molar-refractivity contribution in [1.29, 1.82) is 0 Å². The number of ether oxygens (including phenoxy) is 2. The zero-order chi connectivity index (χ0) is 14.5. The van der Waals surface area contributed by atoms with E-state index in [2.05, 4.69) is 4.98 Å². The quantitative estimate of drug-likeness (QED) is 0.684. The smallest absolute Gasteiger partial charge is 0.330 e. The van der Waals surface area contributed by atoms with Gasteiger partial charge in [-0.2, -0.15) is 0 Å². The van der Waals surface area contributed by atoms with Crippen molar-refractivity contribution in [2.45, 2.75) is 6.92 Å². The third-order valence-corrected chi connectivity index (χ3v) is 2.83. The molecular weight excluding hydrogens is 258 g/mol. The van der Waals surface area contributed by atoms with Gasteiger partial charge >= 0.3 is 5.97 Å². The number of fused-ring (bicyclic) bond motifs is 1. The van der Waals surface area contributed by atoms with Gasteiger partial charge in [0, 0.05) is 12.3 Å². The minimum absolute atomic E-state index is 0.202. The SMILES string of the molecule is CCOC(=O)/C=C/c1c[nH]c(=O)c2cc(OC)ccc12. The van der Waals surface area contributed by atoms with Gasteiger partial charge in [-0.1, -0.05) is 0 Å². The summed E-state index contributed by atoms with van der Waals surface area (Å²) < 4.78 is 9.92. The van der Waals surface area contributed by atoms with Crippen molar-refractivity contribution in [1.82, 2.24) is 4.98 Å². The summed E-state index contributed by atoms with van der Waals surface area (Å²) in [6.07, 6.45) is 4.51. The number of H-pyrrole nitrogens is 1. The zero-order valence-electron chi connectivity index (χ0n) is 11.3. The molecular formula is C15H15NO4. The number of aromatic amines is 1. The van der Waals surface area contributed by atoms with Crippen molar-refractivity contribution in [3.8, 4) is 5.75 Å². The number of aromatic nitrogens is 1. The highest BCUT2D eigenvalue weighted by Gasteiger charge is 2.05. The minimum atomic E-state index is -0.416. The Kier molecular flexibility index (Phi) is 4.20. The fourth-order valence-corrected chi connectivity index (χ4v) is 1.87. The molecule has 0 fully saturated rings. The van der Waals surface area contributed by atoms with Crippen molar-refractivity contribution in [3.63, 3.8) is 0 Å². The molecule has 0 aliphatic heterocycles. The summed E-state index contributed by atoms with van der Waals surface area (Å²) in [5.74, 6) is 0.190. The maximum atomic E-state index is 11.8. The Bertz CT molecular complexity index is 715. The highest BCUT2D eigenvalue weighted by Crippen LogP contribution is 2.21. The molecule has 0 aliphatic rings. The molecule has 1 N–H and O–H groups in total. The van der Waals surface area contributed by atoms with Crippen LogP contribution in [0, 0.1) is 0 Å². The molecule has 1 aromatic heterocycles. The number of hydrogen-bond donors (Lipinski definition) is 1. The van der Waals surface area contributed by atoms with E-state index in [9.17, 15) is 9.59 Å². The molecule has 0 bridgehead atoms. The van der Waals surface area contributed by atoms with Crippen LogP contribution in [0.4, 0.5) is 0 Å². The number of carbonyl (C=O) groups is 1. The van der Waals surface area contributed by atoms with Gasteiger partial charge < -0.3 is 14.5 Å². The van der Waals surface area contributed by atoms with Gasteiger partial charge in [0.1, 0.15) is 5.75 Å². The van der Waals surface area contributed by atoms with Crippen LogP contribution < -0.4 is 10.3 Å². The van der Waals surface area contributed by atoms with Gasteiger partial charge in [-0.05, 0) is 42.1 Å². The number of esters is 1. The number of pyridine rings is 1. The molecule has 1 heterocycles. The van der Waals surface area contributed by atoms with Crippen LogP contribution in [0.3, 0.4) is 0 Å². The lowest BCUT2D eigenvalue weighted by Crippen LogP contribution is -2.06. The Hall–Kier alpha value is -2.56. The van der Waals surface area contributed by atoms with E-state index in [4.69, 9.17) is 9.47 Å². The standard InChI is InChI=1S/C15H15NO4/c1-3-20-14(17)7-4-10-9-16-15(18)13-8-11(19-2)5-6-12(10)13/h4-9H,3H2,1-2H3,(H,16,18)/b7-4+. The third-order valence-electron chi connectivity index (χ3n) is 2.83. The van der Waals surface area contributed by atoms with E-state index in [0.29, 0.717) is 17.7 Å². The van der Waals surface area contributed by atoms with E-state index in [0.717, 1.165) is 10.9 Å². The molecule has 20 heavy (non-hydrogen) atoms. The lowest BCUT2D eigenvalue weighted by molar-refractivity contribution is -0.137. The highest BCUT2D eigenvalue weighted by molar-refractivity contribution is 5.94. The molecule has 0 amide bonds. The molecule has 0 spiro atoms. The Morgan fingerprint density at radius 2 is 2.15 bits per heavy atom. The number of hydrogen-bond acceptors (Lipinski definition) is 4. The average molecular weight is 273 g/mol. The zero-order valence-corrected chi connectivity index (χ0v) is 11.3. The molecule has 1 aromatic carbocycles. The van der Waals surface area contributed by atoms with Gasteiger partial charge in [0.2, 0.25) is 0 Å². The second kappa shape index (κ2) is 6.06. The molecule has 2 rings (SSSR count). The molecule has 0 radical (unpaired) electrons. The van der Waals surface area contributed by atoms with Gasteiger partial charge in [0.05, 0.1) is 19.1 Å². The first-order chi connectivity index (χ1) is 9.65. The Labute approximate surface area is 115 Å². The van der Waals surface area contributed by atoms with Crippen LogP contribution in [0.25, 0.3) is 16.8 Å². The second-order valence-corrected chi connectivity index (χ2v) is 4.07.